The first kappa shape index (κ1) is 22.9. The zero-order valence-electron chi connectivity index (χ0n) is 17.9. The van der Waals surface area contributed by atoms with Crippen molar-refractivity contribution < 1.29 is 32.2 Å². The molecule has 33 heavy (non-hydrogen) atoms. The topological polar surface area (TPSA) is 123 Å². The lowest BCUT2D eigenvalue weighted by atomic mass is 10.2. The SMILES string of the molecule is O=C(CCC(=O)N1CCOCC1)Nc1ccc(NS(=O)(=O)c2ccc3c(c2)OCCO3)cc1. The number of nitrogens with zero attached hydrogens (tertiary/aromatic N) is 1. The molecular formula is C22H25N3O7S. The van der Waals surface area contributed by atoms with Crippen LogP contribution in [-0.2, 0) is 24.3 Å². The molecule has 0 spiro atoms. The maximum Gasteiger partial charge on any atom is 0.262 e. The van der Waals surface area contributed by atoms with E-state index in [0.29, 0.717) is 62.4 Å². The molecule has 0 saturated carbocycles. The van der Waals surface area contributed by atoms with Crippen LogP contribution in [0.2, 0.25) is 0 Å². The van der Waals surface area contributed by atoms with Crippen molar-refractivity contribution in [3.63, 3.8) is 0 Å². The number of fused-ring (bicyclic) bond motifs is 1. The highest BCUT2D eigenvalue weighted by atomic mass is 32.2. The number of ether oxygens (including phenoxy) is 3. The van der Waals surface area contributed by atoms with E-state index < -0.39 is 10.0 Å². The van der Waals surface area contributed by atoms with E-state index in [1.54, 1.807) is 35.2 Å². The van der Waals surface area contributed by atoms with Crippen molar-refractivity contribution in [2.75, 3.05) is 49.6 Å². The van der Waals surface area contributed by atoms with Crippen molar-refractivity contribution in [3.05, 3.63) is 42.5 Å². The Balaban J connectivity index is 1.30. The summed E-state index contributed by atoms with van der Waals surface area (Å²) >= 11 is 0. The molecule has 2 amide bonds. The standard InChI is InChI=1S/C22H25N3O7S/c26-21(7-8-22(27)25-9-11-30-12-10-25)23-16-1-3-17(4-2-16)24-33(28,29)18-5-6-19-20(15-18)32-14-13-31-19/h1-6,15,24H,7-14H2,(H,23,26). The number of benzene rings is 2. The second-order valence-electron chi connectivity index (χ2n) is 7.53. The third-order valence-electron chi connectivity index (χ3n) is 5.17. The average Bonchev–Trinajstić information content (AvgIpc) is 2.84. The first-order valence-corrected chi connectivity index (χ1v) is 12.1. The van der Waals surface area contributed by atoms with Crippen molar-refractivity contribution in [1.29, 1.82) is 0 Å². The van der Waals surface area contributed by atoms with E-state index >= 15 is 0 Å². The second-order valence-corrected chi connectivity index (χ2v) is 9.21. The number of sulfonamides is 1. The Bertz CT molecular complexity index is 1110. The summed E-state index contributed by atoms with van der Waals surface area (Å²) in [6, 6.07) is 10.7. The fourth-order valence-electron chi connectivity index (χ4n) is 3.44. The van der Waals surface area contributed by atoms with Crippen LogP contribution in [0.25, 0.3) is 0 Å². The minimum atomic E-state index is -3.84. The zero-order valence-corrected chi connectivity index (χ0v) is 18.7. The molecule has 0 unspecified atom stereocenters. The third-order valence-corrected chi connectivity index (χ3v) is 6.55. The molecule has 1 saturated heterocycles. The molecule has 0 aromatic heterocycles. The second kappa shape index (κ2) is 10.1. The van der Waals surface area contributed by atoms with Crippen molar-refractivity contribution in [3.8, 4) is 11.5 Å². The van der Waals surface area contributed by atoms with Crippen LogP contribution in [0.3, 0.4) is 0 Å². The molecule has 176 valence electrons. The van der Waals surface area contributed by atoms with Crippen LogP contribution >= 0.6 is 0 Å². The molecule has 2 aliphatic heterocycles. The molecule has 2 aromatic rings. The molecule has 2 heterocycles. The number of carbonyl (C=O) groups is 2. The fourth-order valence-corrected chi connectivity index (χ4v) is 4.51. The number of morpholine rings is 1. The number of nitrogens with one attached hydrogen (secondary N) is 2. The first-order valence-electron chi connectivity index (χ1n) is 10.6. The minimum absolute atomic E-state index is 0.0501. The highest BCUT2D eigenvalue weighted by molar-refractivity contribution is 7.92. The van der Waals surface area contributed by atoms with Gasteiger partial charge >= 0.3 is 0 Å². The van der Waals surface area contributed by atoms with Gasteiger partial charge in [-0.1, -0.05) is 0 Å². The molecule has 0 bridgehead atoms. The maximum atomic E-state index is 12.7. The summed E-state index contributed by atoms with van der Waals surface area (Å²) in [7, 11) is -3.84. The largest absolute Gasteiger partial charge is 0.486 e. The number of amides is 2. The molecule has 0 atom stereocenters. The predicted molar refractivity (Wildman–Crippen MR) is 120 cm³/mol. The van der Waals surface area contributed by atoms with E-state index in [9.17, 15) is 18.0 Å². The van der Waals surface area contributed by atoms with Gasteiger partial charge in [-0.2, -0.15) is 0 Å². The van der Waals surface area contributed by atoms with Crippen molar-refractivity contribution in [2.24, 2.45) is 0 Å². The average molecular weight is 476 g/mol. The third kappa shape index (κ3) is 5.93. The molecule has 2 aromatic carbocycles. The first-order chi connectivity index (χ1) is 15.9. The summed E-state index contributed by atoms with van der Waals surface area (Å²) in [6.45, 7) is 2.91. The van der Waals surface area contributed by atoms with Crippen molar-refractivity contribution in [1.82, 2.24) is 4.90 Å². The molecular weight excluding hydrogens is 450 g/mol. The van der Waals surface area contributed by atoms with Gasteiger partial charge in [-0.3, -0.25) is 14.3 Å². The van der Waals surface area contributed by atoms with Gasteiger partial charge in [-0.15, -0.1) is 0 Å². The van der Waals surface area contributed by atoms with Gasteiger partial charge < -0.3 is 24.4 Å². The van der Waals surface area contributed by atoms with Crippen LogP contribution in [0.1, 0.15) is 12.8 Å². The lowest BCUT2D eigenvalue weighted by Crippen LogP contribution is -2.40. The summed E-state index contributed by atoms with van der Waals surface area (Å²) < 4.78 is 44.0. The Hall–Kier alpha value is -3.31. The van der Waals surface area contributed by atoms with Gasteiger partial charge in [0.15, 0.2) is 11.5 Å². The lowest BCUT2D eigenvalue weighted by Gasteiger charge is -2.26. The van der Waals surface area contributed by atoms with Gasteiger partial charge in [0.25, 0.3) is 10.0 Å². The van der Waals surface area contributed by atoms with Crippen LogP contribution in [0.15, 0.2) is 47.4 Å². The van der Waals surface area contributed by atoms with Crippen LogP contribution in [0.4, 0.5) is 11.4 Å². The van der Waals surface area contributed by atoms with Gasteiger partial charge in [0.05, 0.1) is 18.1 Å². The summed E-state index contributed by atoms with van der Waals surface area (Å²) in [5, 5.41) is 2.71. The van der Waals surface area contributed by atoms with Gasteiger partial charge in [0.2, 0.25) is 11.8 Å². The normalized spacial score (nSPS) is 15.6. The van der Waals surface area contributed by atoms with E-state index in [4.69, 9.17) is 14.2 Å². The smallest absolute Gasteiger partial charge is 0.262 e. The van der Waals surface area contributed by atoms with Crippen LogP contribution in [-0.4, -0.2) is 64.6 Å². The number of hydrogen-bond acceptors (Lipinski definition) is 7. The summed E-state index contributed by atoms with van der Waals surface area (Å²) in [4.78, 5) is 26.1. The highest BCUT2D eigenvalue weighted by Gasteiger charge is 2.20. The molecule has 4 rings (SSSR count). The summed E-state index contributed by atoms with van der Waals surface area (Å²) in [5.41, 5.74) is 0.839. The van der Waals surface area contributed by atoms with Crippen molar-refractivity contribution >= 4 is 33.2 Å². The monoisotopic (exact) mass is 475 g/mol. The molecule has 11 heteroatoms. The molecule has 1 fully saturated rings. The van der Waals surface area contributed by atoms with Gasteiger partial charge in [-0.05, 0) is 36.4 Å². The highest BCUT2D eigenvalue weighted by Crippen LogP contribution is 2.32. The van der Waals surface area contributed by atoms with E-state index in [2.05, 4.69) is 10.0 Å². The van der Waals surface area contributed by atoms with E-state index in [0.717, 1.165) is 0 Å². The summed E-state index contributed by atoms with van der Waals surface area (Å²) in [6.07, 6.45) is 0.188. The Morgan fingerprint density at radius 1 is 0.848 bits per heavy atom. The van der Waals surface area contributed by atoms with Gasteiger partial charge in [0.1, 0.15) is 13.2 Å². The quantitative estimate of drug-likeness (QED) is 0.626. The number of hydrogen-bond donors (Lipinski definition) is 2. The summed E-state index contributed by atoms with van der Waals surface area (Å²) in [5.74, 6) is 0.528. The van der Waals surface area contributed by atoms with Gasteiger partial charge in [0, 0.05) is 43.4 Å². The van der Waals surface area contributed by atoms with E-state index in [1.807, 2.05) is 0 Å². The molecule has 0 radical (unpaired) electrons. The zero-order chi connectivity index (χ0) is 23.3. The van der Waals surface area contributed by atoms with Crippen LogP contribution < -0.4 is 19.5 Å². The van der Waals surface area contributed by atoms with Gasteiger partial charge in [-0.25, -0.2) is 8.42 Å². The Morgan fingerprint density at radius 2 is 1.52 bits per heavy atom. The lowest BCUT2D eigenvalue weighted by molar-refractivity contribution is -0.136. The predicted octanol–water partition coefficient (Wildman–Crippen LogP) is 1.84. The fraction of sp³-hybridized carbons (Fsp3) is 0.364. The van der Waals surface area contributed by atoms with E-state index in [-0.39, 0.29) is 29.6 Å². The number of anilines is 2. The van der Waals surface area contributed by atoms with Crippen LogP contribution in [0, 0.1) is 0 Å². The maximum absolute atomic E-state index is 12.7. The van der Waals surface area contributed by atoms with E-state index in [1.165, 1.54) is 12.1 Å². The molecule has 2 aliphatic rings. The minimum Gasteiger partial charge on any atom is -0.486 e. The van der Waals surface area contributed by atoms with Crippen molar-refractivity contribution in [2.45, 2.75) is 17.7 Å². The Morgan fingerprint density at radius 3 is 2.24 bits per heavy atom. The molecule has 2 N–H and O–H groups in total. The number of rotatable bonds is 7. The number of carbonyl (C=O) groups excluding carboxylic acids is 2. The molecule has 10 nitrogen and oxygen atoms in total. The Kier molecular flexibility index (Phi) is 6.99. The molecule has 0 aliphatic carbocycles. The van der Waals surface area contributed by atoms with Crippen LogP contribution in [0.5, 0.6) is 11.5 Å². The Labute approximate surface area is 191 Å².